The maximum atomic E-state index is 14.2. The van der Waals surface area contributed by atoms with Gasteiger partial charge in [0.2, 0.25) is 0 Å². The van der Waals surface area contributed by atoms with Crippen LogP contribution in [0.2, 0.25) is 0 Å². The molecule has 1 unspecified atom stereocenters. The van der Waals surface area contributed by atoms with E-state index in [1.54, 1.807) is 21.0 Å². The number of carboxylic acid groups (broad SMARTS) is 1. The van der Waals surface area contributed by atoms with Gasteiger partial charge < -0.3 is 19.5 Å². The molecule has 0 radical (unpaired) electrons. The van der Waals surface area contributed by atoms with Crippen molar-refractivity contribution in [2.75, 3.05) is 24.3 Å². The van der Waals surface area contributed by atoms with E-state index in [1.165, 1.54) is 12.1 Å². The topological polar surface area (TPSA) is 130 Å². The van der Waals surface area contributed by atoms with Crippen molar-refractivity contribution < 1.29 is 37.1 Å². The van der Waals surface area contributed by atoms with Crippen molar-refractivity contribution in [2.45, 2.75) is 32.6 Å². The number of ether oxygens (including phenoxy) is 2. The van der Waals surface area contributed by atoms with Crippen LogP contribution in [-0.4, -0.2) is 49.4 Å². The molecule has 0 saturated heterocycles. The number of anilines is 2. The molecule has 46 heavy (non-hydrogen) atoms. The first-order valence-electron chi connectivity index (χ1n) is 14.8. The Labute approximate surface area is 268 Å². The number of fused-ring (bicyclic) bond motifs is 2. The Balaban J connectivity index is 1.55. The van der Waals surface area contributed by atoms with Gasteiger partial charge in [0.1, 0.15) is 17.4 Å². The van der Waals surface area contributed by atoms with Crippen molar-refractivity contribution in [1.82, 2.24) is 0 Å². The molecule has 1 heterocycles. The number of nitrogens with zero attached hydrogens (tertiary/aromatic N) is 1. The first-order valence-corrected chi connectivity index (χ1v) is 16.4. The SMILES string of the molecule is COc1ccc(C=Cc2ccc3c(c2)C(C(=O)Oc2c(C)cc(C(=O)O)cc2C)c2ccccc2N3CCCCS(=O)(=O)O)cc1. The van der Waals surface area contributed by atoms with Crippen LogP contribution < -0.4 is 14.4 Å². The third kappa shape index (κ3) is 7.30. The normalized spacial score (nSPS) is 14.1. The van der Waals surface area contributed by atoms with E-state index in [0.29, 0.717) is 35.4 Å². The maximum Gasteiger partial charge on any atom is 0.335 e. The molecule has 10 heteroatoms. The van der Waals surface area contributed by atoms with E-state index in [9.17, 15) is 27.7 Å². The highest BCUT2D eigenvalue weighted by Crippen LogP contribution is 2.47. The van der Waals surface area contributed by atoms with Gasteiger partial charge in [-0.2, -0.15) is 8.42 Å². The summed E-state index contributed by atoms with van der Waals surface area (Å²) in [5.74, 6) is -1.63. The highest BCUT2D eigenvalue weighted by atomic mass is 32.2. The molecule has 2 N–H and O–H groups in total. The predicted octanol–water partition coefficient (Wildman–Crippen LogP) is 7.04. The number of aryl methyl sites for hydroxylation is 2. The van der Waals surface area contributed by atoms with E-state index < -0.39 is 28.0 Å². The molecule has 1 aliphatic heterocycles. The molecule has 238 valence electrons. The third-order valence-electron chi connectivity index (χ3n) is 7.96. The summed E-state index contributed by atoms with van der Waals surface area (Å²) in [4.78, 5) is 27.8. The summed E-state index contributed by atoms with van der Waals surface area (Å²) in [6, 6.07) is 24.0. The lowest BCUT2D eigenvalue weighted by Crippen LogP contribution is -2.31. The Hall–Kier alpha value is -4.93. The van der Waals surface area contributed by atoms with E-state index in [1.807, 2.05) is 78.9 Å². The molecule has 9 nitrogen and oxygen atoms in total. The van der Waals surface area contributed by atoms with Crippen molar-refractivity contribution in [3.63, 3.8) is 0 Å². The fourth-order valence-electron chi connectivity index (χ4n) is 5.78. The first-order chi connectivity index (χ1) is 21.9. The average molecular weight is 642 g/mol. The minimum absolute atomic E-state index is 0.112. The van der Waals surface area contributed by atoms with Crippen LogP contribution in [0.1, 0.15) is 62.5 Å². The monoisotopic (exact) mass is 641 g/mol. The zero-order chi connectivity index (χ0) is 33.0. The molecule has 0 aromatic heterocycles. The van der Waals surface area contributed by atoms with Crippen LogP contribution in [0.3, 0.4) is 0 Å². The summed E-state index contributed by atoms with van der Waals surface area (Å²) in [5.41, 5.74) is 6.02. The van der Waals surface area contributed by atoms with Crippen molar-refractivity contribution in [1.29, 1.82) is 0 Å². The van der Waals surface area contributed by atoms with E-state index in [2.05, 4.69) is 4.90 Å². The molecule has 0 bridgehead atoms. The Morgan fingerprint density at radius 3 is 2.13 bits per heavy atom. The van der Waals surface area contributed by atoms with Gasteiger partial charge in [-0.3, -0.25) is 9.35 Å². The van der Waals surface area contributed by atoms with E-state index in [0.717, 1.165) is 33.8 Å². The fraction of sp³-hybridized carbons (Fsp3) is 0.222. The van der Waals surface area contributed by atoms with Gasteiger partial charge in [0, 0.05) is 17.9 Å². The molecular formula is C36H35NO8S. The van der Waals surface area contributed by atoms with Gasteiger partial charge in [-0.25, -0.2) is 4.79 Å². The van der Waals surface area contributed by atoms with Crippen molar-refractivity contribution in [2.24, 2.45) is 0 Å². The summed E-state index contributed by atoms with van der Waals surface area (Å²) in [5, 5.41) is 9.47. The number of esters is 1. The number of rotatable bonds is 11. The molecule has 4 aromatic carbocycles. The Morgan fingerprint density at radius 1 is 0.848 bits per heavy atom. The predicted molar refractivity (Wildman–Crippen MR) is 178 cm³/mol. The van der Waals surface area contributed by atoms with E-state index in [4.69, 9.17) is 9.47 Å². The van der Waals surface area contributed by atoms with Gasteiger partial charge in [-0.05, 0) is 103 Å². The molecule has 0 aliphatic carbocycles. The van der Waals surface area contributed by atoms with Gasteiger partial charge in [0.05, 0.1) is 18.4 Å². The number of methoxy groups -OCH3 is 1. The summed E-state index contributed by atoms with van der Waals surface area (Å²) < 4.78 is 43.2. The number of hydrogen-bond donors (Lipinski definition) is 2. The number of carboxylic acids is 1. The highest BCUT2D eigenvalue weighted by molar-refractivity contribution is 7.85. The smallest absolute Gasteiger partial charge is 0.335 e. The third-order valence-corrected chi connectivity index (χ3v) is 8.76. The molecule has 0 fully saturated rings. The molecule has 1 atom stereocenters. The summed E-state index contributed by atoms with van der Waals surface area (Å²) >= 11 is 0. The highest BCUT2D eigenvalue weighted by Gasteiger charge is 2.36. The van der Waals surface area contributed by atoms with Crippen LogP contribution in [0.4, 0.5) is 11.4 Å². The first kappa shape index (κ1) is 32.5. The lowest BCUT2D eigenvalue weighted by molar-refractivity contribution is -0.135. The van der Waals surface area contributed by atoms with Gasteiger partial charge in [-0.15, -0.1) is 0 Å². The van der Waals surface area contributed by atoms with Crippen molar-refractivity contribution in [3.8, 4) is 11.5 Å². The van der Waals surface area contributed by atoms with Crippen LogP contribution in [0.25, 0.3) is 12.2 Å². The zero-order valence-electron chi connectivity index (χ0n) is 25.8. The lowest BCUT2D eigenvalue weighted by atomic mass is 9.83. The van der Waals surface area contributed by atoms with Crippen LogP contribution in [0.5, 0.6) is 11.5 Å². The molecular weight excluding hydrogens is 606 g/mol. The summed E-state index contributed by atoms with van der Waals surface area (Å²) in [7, 11) is -2.46. The van der Waals surface area contributed by atoms with E-state index >= 15 is 0 Å². The second-order valence-electron chi connectivity index (χ2n) is 11.2. The summed E-state index contributed by atoms with van der Waals surface area (Å²) in [6.45, 7) is 3.87. The van der Waals surface area contributed by atoms with E-state index in [-0.39, 0.29) is 17.7 Å². The quantitative estimate of drug-likeness (QED) is 0.0582. The average Bonchev–Trinajstić information content (AvgIpc) is 3.02. The van der Waals surface area contributed by atoms with Crippen LogP contribution in [0, 0.1) is 13.8 Å². The molecule has 5 rings (SSSR count). The fourth-order valence-corrected chi connectivity index (χ4v) is 6.35. The zero-order valence-corrected chi connectivity index (χ0v) is 26.6. The number of benzene rings is 4. The Kier molecular flexibility index (Phi) is 9.60. The molecule has 0 amide bonds. The molecule has 0 spiro atoms. The Morgan fingerprint density at radius 2 is 1.48 bits per heavy atom. The number of hydrogen-bond acceptors (Lipinski definition) is 7. The Bertz CT molecular complexity index is 1890. The standard InChI is InChI=1S/C36H35NO8S/c1-23-20-27(35(38)39)21-24(2)34(23)45-36(40)33-29-8-4-5-9-31(29)37(18-6-7-19-46(41,42)43)32-17-14-26(22-30(32)33)11-10-25-12-15-28(44-3)16-13-25/h4-5,8-17,20-22,33H,6-7,18-19H2,1-3H3,(H,38,39)(H,41,42,43). The number of unbranched alkanes of at least 4 members (excludes halogenated alkanes) is 1. The van der Waals surface area contributed by atoms with Crippen molar-refractivity contribution in [3.05, 3.63) is 118 Å². The maximum absolute atomic E-state index is 14.2. The second kappa shape index (κ2) is 13.6. The van der Waals surface area contributed by atoms with Crippen LogP contribution >= 0.6 is 0 Å². The molecule has 4 aromatic rings. The van der Waals surface area contributed by atoms with Crippen molar-refractivity contribution >= 4 is 45.6 Å². The number of carbonyl (C=O) groups is 2. The largest absolute Gasteiger partial charge is 0.497 e. The minimum Gasteiger partial charge on any atom is -0.497 e. The van der Waals surface area contributed by atoms with Gasteiger partial charge in [0.25, 0.3) is 10.1 Å². The second-order valence-corrected chi connectivity index (χ2v) is 12.8. The number of aromatic carboxylic acids is 1. The van der Waals surface area contributed by atoms with Crippen LogP contribution in [0.15, 0.2) is 78.9 Å². The molecule has 1 aliphatic rings. The lowest BCUT2D eigenvalue weighted by Gasteiger charge is -2.37. The van der Waals surface area contributed by atoms with Gasteiger partial charge in [0.15, 0.2) is 0 Å². The minimum atomic E-state index is -4.08. The van der Waals surface area contributed by atoms with Gasteiger partial charge >= 0.3 is 11.9 Å². The number of para-hydroxylation sites is 1. The van der Waals surface area contributed by atoms with Gasteiger partial charge in [-0.1, -0.05) is 48.6 Å². The molecule has 0 saturated carbocycles. The summed E-state index contributed by atoms with van der Waals surface area (Å²) in [6.07, 6.45) is 4.68. The number of carbonyl (C=O) groups excluding carboxylic acids is 1. The van der Waals surface area contributed by atoms with Crippen LogP contribution in [-0.2, 0) is 14.9 Å².